The SMILES string of the molecule is C#Cc1ccc(NC(=O)c2cc(OC)ccc2NC(=O)c2ccc(C(=N)N(C)CCCN(C)C)cc2F)cc1. The Labute approximate surface area is 228 Å². The summed E-state index contributed by atoms with van der Waals surface area (Å²) >= 11 is 0. The monoisotopic (exact) mass is 529 g/mol. The van der Waals surface area contributed by atoms with E-state index in [1.165, 1.54) is 37.4 Å². The number of carbonyl (C=O) groups excluding carboxylic acids is 2. The van der Waals surface area contributed by atoms with E-state index in [1.54, 1.807) is 42.3 Å². The number of amidine groups is 1. The first-order valence-corrected chi connectivity index (χ1v) is 12.2. The third-order valence-electron chi connectivity index (χ3n) is 6.00. The van der Waals surface area contributed by atoms with Gasteiger partial charge in [-0.2, -0.15) is 0 Å². The second-order valence-electron chi connectivity index (χ2n) is 9.16. The summed E-state index contributed by atoms with van der Waals surface area (Å²) in [6, 6.07) is 15.3. The van der Waals surface area contributed by atoms with Crippen molar-refractivity contribution in [1.82, 2.24) is 9.80 Å². The molecule has 0 aromatic heterocycles. The van der Waals surface area contributed by atoms with Gasteiger partial charge >= 0.3 is 0 Å². The Morgan fingerprint density at radius 2 is 1.64 bits per heavy atom. The highest BCUT2D eigenvalue weighted by Crippen LogP contribution is 2.25. The number of terminal acetylenes is 1. The van der Waals surface area contributed by atoms with Crippen LogP contribution in [0.1, 0.15) is 38.3 Å². The van der Waals surface area contributed by atoms with E-state index in [9.17, 15) is 9.59 Å². The summed E-state index contributed by atoms with van der Waals surface area (Å²) in [6.07, 6.45) is 6.23. The van der Waals surface area contributed by atoms with Gasteiger partial charge in [-0.1, -0.05) is 12.0 Å². The normalized spacial score (nSPS) is 10.5. The fourth-order valence-corrected chi connectivity index (χ4v) is 3.79. The van der Waals surface area contributed by atoms with Gasteiger partial charge in [0.1, 0.15) is 17.4 Å². The first-order chi connectivity index (χ1) is 18.6. The summed E-state index contributed by atoms with van der Waals surface area (Å²) in [5.74, 6) is 1.06. The largest absolute Gasteiger partial charge is 0.497 e. The quantitative estimate of drug-likeness (QED) is 0.204. The first kappa shape index (κ1) is 28.9. The standard InChI is InChI=1S/C30H32FN5O3/c1-6-20-8-11-22(12-9-20)33-30(38)25-19-23(39-5)13-15-27(25)34-29(37)24-14-10-21(18-26(24)31)28(32)36(4)17-7-16-35(2)3/h1,8-15,18-19,32H,7,16-17H2,2-5H3,(H,33,38)(H,34,37). The molecule has 0 radical (unpaired) electrons. The molecule has 0 heterocycles. The van der Waals surface area contributed by atoms with Crippen molar-refractivity contribution in [2.45, 2.75) is 6.42 Å². The molecule has 8 nitrogen and oxygen atoms in total. The minimum Gasteiger partial charge on any atom is -0.497 e. The Balaban J connectivity index is 1.77. The summed E-state index contributed by atoms with van der Waals surface area (Å²) < 4.78 is 20.3. The van der Waals surface area contributed by atoms with E-state index in [4.69, 9.17) is 16.6 Å². The molecule has 3 aromatic carbocycles. The van der Waals surface area contributed by atoms with Crippen LogP contribution in [0.25, 0.3) is 0 Å². The van der Waals surface area contributed by atoms with Crippen LogP contribution in [-0.2, 0) is 0 Å². The summed E-state index contributed by atoms with van der Waals surface area (Å²) in [4.78, 5) is 29.9. The van der Waals surface area contributed by atoms with Crippen molar-refractivity contribution in [2.24, 2.45) is 0 Å². The molecular weight excluding hydrogens is 497 g/mol. The molecule has 0 aliphatic rings. The summed E-state index contributed by atoms with van der Waals surface area (Å²) in [6.45, 7) is 1.51. The van der Waals surface area contributed by atoms with Crippen molar-refractivity contribution in [1.29, 1.82) is 5.41 Å². The van der Waals surface area contributed by atoms with E-state index in [-0.39, 0.29) is 22.6 Å². The Hall–Kier alpha value is -4.68. The lowest BCUT2D eigenvalue weighted by Gasteiger charge is -2.21. The van der Waals surface area contributed by atoms with Crippen LogP contribution in [0, 0.1) is 23.6 Å². The number of hydrogen-bond donors (Lipinski definition) is 3. The van der Waals surface area contributed by atoms with Gasteiger partial charge in [0, 0.05) is 30.4 Å². The van der Waals surface area contributed by atoms with Crippen LogP contribution in [-0.4, -0.2) is 68.8 Å². The maximum atomic E-state index is 15.0. The van der Waals surface area contributed by atoms with Crippen molar-refractivity contribution in [3.8, 4) is 18.1 Å². The number of nitrogens with one attached hydrogen (secondary N) is 3. The van der Waals surface area contributed by atoms with Crippen LogP contribution >= 0.6 is 0 Å². The molecule has 0 spiro atoms. The predicted octanol–water partition coefficient (Wildman–Crippen LogP) is 4.53. The molecular formula is C30H32FN5O3. The van der Waals surface area contributed by atoms with E-state index < -0.39 is 17.6 Å². The van der Waals surface area contributed by atoms with Crippen LogP contribution in [0.5, 0.6) is 5.75 Å². The fraction of sp³-hybridized carbons (Fsp3) is 0.233. The van der Waals surface area contributed by atoms with Crippen molar-refractivity contribution in [3.63, 3.8) is 0 Å². The number of anilines is 2. The van der Waals surface area contributed by atoms with E-state index >= 15 is 4.39 Å². The van der Waals surface area contributed by atoms with Gasteiger partial charge in [-0.05, 0) is 81.7 Å². The van der Waals surface area contributed by atoms with Gasteiger partial charge in [0.15, 0.2) is 0 Å². The second kappa shape index (κ2) is 13.2. The Morgan fingerprint density at radius 1 is 0.949 bits per heavy atom. The first-order valence-electron chi connectivity index (χ1n) is 12.2. The minimum absolute atomic E-state index is 0.127. The number of benzene rings is 3. The van der Waals surface area contributed by atoms with Gasteiger partial charge in [-0.3, -0.25) is 15.0 Å². The second-order valence-corrected chi connectivity index (χ2v) is 9.16. The molecule has 0 unspecified atom stereocenters. The van der Waals surface area contributed by atoms with E-state index in [0.29, 0.717) is 29.1 Å². The van der Waals surface area contributed by atoms with Crippen molar-refractivity contribution in [3.05, 3.63) is 88.7 Å². The minimum atomic E-state index is -0.774. The van der Waals surface area contributed by atoms with Gasteiger partial charge in [0.05, 0.1) is 23.9 Å². The molecule has 2 amide bonds. The fourth-order valence-electron chi connectivity index (χ4n) is 3.79. The van der Waals surface area contributed by atoms with Crippen LogP contribution in [0.3, 0.4) is 0 Å². The molecule has 202 valence electrons. The molecule has 0 bridgehead atoms. The van der Waals surface area contributed by atoms with E-state index in [2.05, 4.69) is 21.5 Å². The highest BCUT2D eigenvalue weighted by molar-refractivity contribution is 6.13. The summed E-state index contributed by atoms with van der Waals surface area (Å²) in [7, 11) is 7.19. The maximum absolute atomic E-state index is 15.0. The number of halogens is 1. The average Bonchev–Trinajstić information content (AvgIpc) is 2.92. The Kier molecular flexibility index (Phi) is 9.79. The van der Waals surface area contributed by atoms with Crippen molar-refractivity contribution in [2.75, 3.05) is 52.0 Å². The summed E-state index contributed by atoms with van der Waals surface area (Å²) in [5.41, 5.74) is 1.62. The van der Waals surface area contributed by atoms with Crippen molar-refractivity contribution >= 4 is 29.0 Å². The molecule has 3 rings (SSSR count). The van der Waals surface area contributed by atoms with Gasteiger partial charge in [-0.25, -0.2) is 4.39 Å². The zero-order valence-electron chi connectivity index (χ0n) is 22.5. The van der Waals surface area contributed by atoms with Crippen LogP contribution in [0.15, 0.2) is 60.7 Å². The number of amides is 2. The molecule has 9 heteroatoms. The van der Waals surface area contributed by atoms with Crippen LogP contribution in [0.2, 0.25) is 0 Å². The Morgan fingerprint density at radius 3 is 2.26 bits per heavy atom. The highest BCUT2D eigenvalue weighted by Gasteiger charge is 2.19. The topological polar surface area (TPSA) is 97.8 Å². The molecule has 0 aliphatic heterocycles. The molecule has 39 heavy (non-hydrogen) atoms. The zero-order valence-corrected chi connectivity index (χ0v) is 22.5. The smallest absolute Gasteiger partial charge is 0.258 e. The number of hydrogen-bond acceptors (Lipinski definition) is 5. The lowest BCUT2D eigenvalue weighted by molar-refractivity contribution is 0.102. The number of methoxy groups -OCH3 is 1. The zero-order chi connectivity index (χ0) is 28.5. The highest BCUT2D eigenvalue weighted by atomic mass is 19.1. The Bertz CT molecular complexity index is 1400. The van der Waals surface area contributed by atoms with E-state index in [0.717, 1.165) is 13.0 Å². The molecule has 3 N–H and O–H groups in total. The number of nitrogens with zero attached hydrogens (tertiary/aromatic N) is 2. The van der Waals surface area contributed by atoms with E-state index in [1.807, 2.05) is 14.1 Å². The van der Waals surface area contributed by atoms with Gasteiger partial charge in [0.25, 0.3) is 11.8 Å². The van der Waals surface area contributed by atoms with Crippen LogP contribution in [0.4, 0.5) is 15.8 Å². The maximum Gasteiger partial charge on any atom is 0.258 e. The molecule has 3 aromatic rings. The van der Waals surface area contributed by atoms with Gasteiger partial charge in [0.2, 0.25) is 0 Å². The molecule has 0 fully saturated rings. The molecule has 0 aliphatic carbocycles. The lowest BCUT2D eigenvalue weighted by Crippen LogP contribution is -2.30. The molecule has 0 saturated heterocycles. The van der Waals surface area contributed by atoms with Gasteiger partial charge < -0.3 is 25.2 Å². The van der Waals surface area contributed by atoms with Crippen LogP contribution < -0.4 is 15.4 Å². The van der Waals surface area contributed by atoms with Gasteiger partial charge in [-0.15, -0.1) is 6.42 Å². The average molecular weight is 530 g/mol. The lowest BCUT2D eigenvalue weighted by atomic mass is 10.1. The number of ether oxygens (including phenoxy) is 1. The van der Waals surface area contributed by atoms with Crippen molar-refractivity contribution < 1.29 is 18.7 Å². The molecule has 0 atom stereocenters. The predicted molar refractivity (Wildman–Crippen MR) is 152 cm³/mol. The third-order valence-corrected chi connectivity index (χ3v) is 6.00. The number of carbonyl (C=O) groups is 2. The summed E-state index contributed by atoms with van der Waals surface area (Å²) in [5, 5.41) is 13.8. The number of rotatable bonds is 10. The third kappa shape index (κ3) is 7.66. The molecule has 0 saturated carbocycles.